The van der Waals surface area contributed by atoms with Crippen LogP contribution in [-0.4, -0.2) is 22.5 Å². The molecule has 0 aliphatic rings. The van der Waals surface area contributed by atoms with Gasteiger partial charge in [0.2, 0.25) is 0 Å². The third-order valence-corrected chi connectivity index (χ3v) is 1.61. The minimum atomic E-state index is -5.01. The molecular formula is C3H2FN3O4S. The van der Waals surface area contributed by atoms with E-state index < -0.39 is 21.2 Å². The lowest BCUT2D eigenvalue weighted by molar-refractivity contribution is -0.389. The van der Waals surface area contributed by atoms with Crippen molar-refractivity contribution >= 4 is 16.2 Å². The van der Waals surface area contributed by atoms with Crippen LogP contribution in [0, 0.1) is 10.1 Å². The molecule has 1 rings (SSSR count). The van der Waals surface area contributed by atoms with Crippen molar-refractivity contribution in [2.24, 2.45) is 0 Å². The van der Waals surface area contributed by atoms with Crippen LogP contribution in [0.1, 0.15) is 0 Å². The van der Waals surface area contributed by atoms with Crippen molar-refractivity contribution in [2.75, 3.05) is 0 Å². The first-order chi connectivity index (χ1) is 5.41. The van der Waals surface area contributed by atoms with Crippen LogP contribution in [-0.2, 0) is 10.4 Å². The number of hydrogen-bond acceptors (Lipinski definition) is 5. The van der Waals surface area contributed by atoms with E-state index in [0.29, 0.717) is 6.20 Å². The Bertz CT molecular complexity index is 409. The Kier molecular flexibility index (Phi) is 1.80. The number of nitrogens with zero attached hydrogens (tertiary/aromatic N) is 3. The Labute approximate surface area is 65.9 Å². The highest BCUT2D eigenvalue weighted by Gasteiger charge is 2.20. The topological polar surface area (TPSA) is 95.1 Å². The third kappa shape index (κ3) is 1.56. The fourth-order valence-corrected chi connectivity index (χ4v) is 0.904. The van der Waals surface area contributed by atoms with E-state index in [9.17, 15) is 22.4 Å². The molecule has 0 atom stereocenters. The van der Waals surface area contributed by atoms with E-state index in [-0.39, 0.29) is 4.09 Å². The Morgan fingerprint density at radius 2 is 2.25 bits per heavy atom. The van der Waals surface area contributed by atoms with Crippen LogP contribution in [0.2, 0.25) is 0 Å². The number of nitro groups is 1. The maximum atomic E-state index is 12.0. The third-order valence-electron chi connectivity index (χ3n) is 0.963. The Morgan fingerprint density at radius 1 is 1.67 bits per heavy atom. The van der Waals surface area contributed by atoms with Gasteiger partial charge in [-0.3, -0.25) is 0 Å². The molecule has 1 aromatic heterocycles. The minimum Gasteiger partial charge on any atom is -0.358 e. The first kappa shape index (κ1) is 8.59. The molecule has 0 aliphatic carbocycles. The minimum absolute atomic E-state index is 0.120. The van der Waals surface area contributed by atoms with Gasteiger partial charge in [-0.2, -0.15) is 8.42 Å². The molecule has 0 fully saturated rings. The van der Waals surface area contributed by atoms with Gasteiger partial charge in [0.05, 0.1) is 17.4 Å². The highest BCUT2D eigenvalue weighted by molar-refractivity contribution is 7.84. The summed E-state index contributed by atoms with van der Waals surface area (Å²) in [5, 5.41) is 12.8. The normalized spacial score (nSPS) is 11.4. The monoisotopic (exact) mass is 195 g/mol. The zero-order valence-electron chi connectivity index (χ0n) is 5.42. The second-order valence-electron chi connectivity index (χ2n) is 1.75. The number of aromatic nitrogens is 2. The van der Waals surface area contributed by atoms with E-state index in [1.54, 1.807) is 0 Å². The average Bonchev–Trinajstić information content (AvgIpc) is 2.30. The highest BCUT2D eigenvalue weighted by Crippen LogP contribution is 2.07. The van der Waals surface area contributed by atoms with Crippen LogP contribution >= 0.6 is 0 Å². The maximum absolute atomic E-state index is 12.0. The van der Waals surface area contributed by atoms with Gasteiger partial charge in [-0.1, -0.05) is 3.89 Å². The molecule has 12 heavy (non-hydrogen) atoms. The van der Waals surface area contributed by atoms with Crippen LogP contribution in [0.15, 0.2) is 12.3 Å². The zero-order chi connectivity index (χ0) is 9.35. The summed E-state index contributed by atoms with van der Waals surface area (Å²) < 4.78 is 32.1. The lowest BCUT2D eigenvalue weighted by Crippen LogP contribution is -2.06. The van der Waals surface area contributed by atoms with Gasteiger partial charge in [-0.25, -0.2) is 0 Å². The molecule has 0 saturated heterocycles. The van der Waals surface area contributed by atoms with Crippen molar-refractivity contribution < 1.29 is 17.2 Å². The summed E-state index contributed by atoms with van der Waals surface area (Å²) in [6.07, 6.45) is 0.646. The largest absolute Gasteiger partial charge is 0.436 e. The van der Waals surface area contributed by atoms with Gasteiger partial charge in [0, 0.05) is 0 Å². The van der Waals surface area contributed by atoms with Gasteiger partial charge in [0.1, 0.15) is 0 Å². The average molecular weight is 195 g/mol. The Morgan fingerprint density at radius 3 is 2.50 bits per heavy atom. The van der Waals surface area contributed by atoms with Crippen LogP contribution in [0.4, 0.5) is 9.70 Å². The molecule has 0 amide bonds. The van der Waals surface area contributed by atoms with Crippen LogP contribution in [0.25, 0.3) is 0 Å². The molecule has 0 spiro atoms. The summed E-state index contributed by atoms with van der Waals surface area (Å²) in [6.45, 7) is 0. The summed E-state index contributed by atoms with van der Waals surface area (Å²) in [6, 6.07) is 0.775. The summed E-state index contributed by atoms with van der Waals surface area (Å²) in [4.78, 5) is 9.02. The molecule has 0 unspecified atom stereocenters. The molecule has 0 aliphatic heterocycles. The van der Waals surface area contributed by atoms with E-state index >= 15 is 0 Å². The fourth-order valence-electron chi connectivity index (χ4n) is 0.517. The van der Waals surface area contributed by atoms with Crippen molar-refractivity contribution in [2.45, 2.75) is 0 Å². The van der Waals surface area contributed by atoms with E-state index in [0.717, 1.165) is 6.07 Å². The number of rotatable bonds is 2. The summed E-state index contributed by atoms with van der Waals surface area (Å²) in [7, 11) is -5.01. The molecular weight excluding hydrogens is 193 g/mol. The molecule has 0 saturated carbocycles. The van der Waals surface area contributed by atoms with Gasteiger partial charge >= 0.3 is 16.2 Å². The van der Waals surface area contributed by atoms with E-state index in [1.165, 1.54) is 0 Å². The smallest absolute Gasteiger partial charge is 0.358 e. The molecule has 0 bridgehead atoms. The second kappa shape index (κ2) is 2.52. The predicted octanol–water partition coefficient (Wildman–Crippen LogP) is -0.146. The van der Waals surface area contributed by atoms with Crippen molar-refractivity contribution in [1.29, 1.82) is 0 Å². The highest BCUT2D eigenvalue weighted by atomic mass is 32.3. The number of hydrogen-bond donors (Lipinski definition) is 0. The first-order valence-corrected chi connectivity index (χ1v) is 3.90. The van der Waals surface area contributed by atoms with Gasteiger partial charge in [-0.15, -0.1) is 0 Å². The van der Waals surface area contributed by atoms with Crippen molar-refractivity contribution in [1.82, 2.24) is 9.19 Å². The van der Waals surface area contributed by atoms with E-state index in [4.69, 9.17) is 0 Å². The van der Waals surface area contributed by atoms with Crippen molar-refractivity contribution in [3.63, 3.8) is 0 Å². The molecule has 9 heteroatoms. The van der Waals surface area contributed by atoms with E-state index in [1.807, 2.05) is 0 Å². The van der Waals surface area contributed by atoms with Crippen molar-refractivity contribution in [3.8, 4) is 0 Å². The number of halogens is 1. The lowest BCUT2D eigenvalue weighted by atomic mass is 10.7. The van der Waals surface area contributed by atoms with Gasteiger partial charge < -0.3 is 10.1 Å². The Balaban J connectivity index is 3.17. The van der Waals surface area contributed by atoms with Gasteiger partial charge in [0.25, 0.3) is 0 Å². The molecule has 66 valence electrons. The van der Waals surface area contributed by atoms with Crippen LogP contribution in [0.5, 0.6) is 0 Å². The fraction of sp³-hybridized carbons (Fsp3) is 0. The Hall–Kier alpha value is -1.51. The molecule has 0 aromatic carbocycles. The van der Waals surface area contributed by atoms with Crippen LogP contribution in [0.3, 0.4) is 0 Å². The van der Waals surface area contributed by atoms with E-state index in [2.05, 4.69) is 5.10 Å². The summed E-state index contributed by atoms with van der Waals surface area (Å²) in [5.41, 5.74) is 0. The molecule has 1 heterocycles. The van der Waals surface area contributed by atoms with Crippen LogP contribution < -0.4 is 0 Å². The second-order valence-corrected chi connectivity index (χ2v) is 2.94. The quantitative estimate of drug-likeness (QED) is 0.371. The maximum Gasteiger partial charge on any atom is 0.436 e. The summed E-state index contributed by atoms with van der Waals surface area (Å²) in [5.74, 6) is -0.726. The molecule has 0 radical (unpaired) electrons. The zero-order valence-corrected chi connectivity index (χ0v) is 6.23. The molecule has 0 N–H and O–H groups in total. The SMILES string of the molecule is O=[N+]([O-])c1ccn(S(=O)(=O)F)n1. The summed E-state index contributed by atoms with van der Waals surface area (Å²) >= 11 is 0. The molecule has 1 aromatic rings. The van der Waals surface area contributed by atoms with Gasteiger partial charge in [-0.05, 0) is 9.01 Å². The molecule has 7 nitrogen and oxygen atoms in total. The predicted molar refractivity (Wildman–Crippen MR) is 34.3 cm³/mol. The standard InChI is InChI=1S/C3H2FN3O4S/c4-12(10,11)6-2-1-3(5-6)7(8)9/h1-2H. The first-order valence-electron chi connectivity index (χ1n) is 2.56. The lowest BCUT2D eigenvalue weighted by Gasteiger charge is -1.84. The van der Waals surface area contributed by atoms with Crippen molar-refractivity contribution in [3.05, 3.63) is 22.4 Å². The van der Waals surface area contributed by atoms with Gasteiger partial charge in [0.15, 0.2) is 0 Å².